The van der Waals surface area contributed by atoms with Crippen LogP contribution in [0.4, 0.5) is 0 Å². The van der Waals surface area contributed by atoms with Crippen molar-refractivity contribution in [2.24, 2.45) is 0 Å². The predicted octanol–water partition coefficient (Wildman–Crippen LogP) is 3.92. The Morgan fingerprint density at radius 2 is 1.84 bits per heavy atom. The van der Waals surface area contributed by atoms with Crippen LogP contribution in [0.15, 0.2) is 77.7 Å². The van der Waals surface area contributed by atoms with Crippen LogP contribution in [0.25, 0.3) is 16.7 Å². The molecule has 4 nitrogen and oxygen atoms in total. The number of rotatable bonds is 4. The van der Waals surface area contributed by atoms with Gasteiger partial charge in [-0.2, -0.15) is 0 Å². The molecule has 0 atom stereocenters. The van der Waals surface area contributed by atoms with Crippen LogP contribution in [0.1, 0.15) is 11.1 Å². The van der Waals surface area contributed by atoms with Gasteiger partial charge in [0.05, 0.1) is 18.1 Å². The first-order valence-corrected chi connectivity index (χ1v) is 8.16. The van der Waals surface area contributed by atoms with Gasteiger partial charge in [0.2, 0.25) is 0 Å². The Morgan fingerprint density at radius 3 is 2.64 bits per heavy atom. The molecule has 4 aromatic rings. The molecule has 2 heterocycles. The highest BCUT2D eigenvalue weighted by Crippen LogP contribution is 2.24. The number of H-pyrrole nitrogens is 1. The Balaban J connectivity index is 1.88. The molecule has 0 unspecified atom stereocenters. The van der Waals surface area contributed by atoms with Gasteiger partial charge < -0.3 is 9.72 Å². The summed E-state index contributed by atoms with van der Waals surface area (Å²) in [4.78, 5) is 15.8. The van der Waals surface area contributed by atoms with Crippen LogP contribution in [-0.4, -0.2) is 16.7 Å². The minimum absolute atomic E-state index is 0.0369. The molecule has 0 radical (unpaired) electrons. The quantitative estimate of drug-likeness (QED) is 0.616. The molecule has 0 spiro atoms. The molecule has 25 heavy (non-hydrogen) atoms. The summed E-state index contributed by atoms with van der Waals surface area (Å²) in [5.41, 5.74) is 4.90. The van der Waals surface area contributed by atoms with Crippen molar-refractivity contribution in [3.8, 4) is 11.4 Å². The molecule has 4 heteroatoms. The van der Waals surface area contributed by atoms with Crippen molar-refractivity contribution in [1.29, 1.82) is 0 Å². The fourth-order valence-corrected chi connectivity index (χ4v) is 3.18. The van der Waals surface area contributed by atoms with Crippen LogP contribution in [-0.2, 0) is 6.42 Å². The summed E-state index contributed by atoms with van der Waals surface area (Å²) in [6, 6.07) is 21.2. The summed E-state index contributed by atoms with van der Waals surface area (Å²) < 4.78 is 7.08. The zero-order valence-corrected chi connectivity index (χ0v) is 13.9. The van der Waals surface area contributed by atoms with Gasteiger partial charge in [-0.3, -0.25) is 9.36 Å². The van der Waals surface area contributed by atoms with Crippen molar-refractivity contribution >= 4 is 11.0 Å². The number of nitrogens with one attached hydrogen (secondary N) is 1. The molecule has 2 aromatic carbocycles. The monoisotopic (exact) mass is 330 g/mol. The largest absolute Gasteiger partial charge is 0.497 e. The molecule has 0 aliphatic heterocycles. The first kappa shape index (κ1) is 15.3. The fourth-order valence-electron chi connectivity index (χ4n) is 3.18. The van der Waals surface area contributed by atoms with Crippen LogP contribution in [0, 0.1) is 0 Å². The van der Waals surface area contributed by atoms with E-state index in [2.05, 4.69) is 11.1 Å². The van der Waals surface area contributed by atoms with E-state index in [1.807, 2.05) is 60.8 Å². The predicted molar refractivity (Wildman–Crippen MR) is 99.7 cm³/mol. The maximum absolute atomic E-state index is 12.6. The van der Waals surface area contributed by atoms with Gasteiger partial charge in [-0.25, -0.2) is 0 Å². The van der Waals surface area contributed by atoms with E-state index in [9.17, 15) is 4.79 Å². The third kappa shape index (κ3) is 2.83. The van der Waals surface area contributed by atoms with Gasteiger partial charge >= 0.3 is 0 Å². The Hall–Kier alpha value is -3.27. The third-order valence-corrected chi connectivity index (χ3v) is 4.34. The number of pyridine rings is 1. The molecule has 0 saturated carbocycles. The molecule has 0 fully saturated rings. The van der Waals surface area contributed by atoms with Gasteiger partial charge in [0.1, 0.15) is 5.75 Å². The highest BCUT2D eigenvalue weighted by atomic mass is 16.5. The summed E-state index contributed by atoms with van der Waals surface area (Å²) in [6.45, 7) is 0. The number of hydrogen-bond donors (Lipinski definition) is 1. The molecule has 2 aromatic heterocycles. The lowest BCUT2D eigenvalue weighted by Gasteiger charge is -2.10. The van der Waals surface area contributed by atoms with Crippen LogP contribution in [0.2, 0.25) is 0 Å². The number of benzene rings is 2. The second-order valence-corrected chi connectivity index (χ2v) is 5.95. The standard InChI is InChI=1S/C21H18N2O2/c1-25-18-9-5-6-15(13-18)12-16-14-22-19-10-11-20(24)23(21(16)19)17-7-3-2-4-8-17/h2-11,13-14,22H,12H2,1H3. The summed E-state index contributed by atoms with van der Waals surface area (Å²) in [5, 5.41) is 0. The van der Waals surface area contributed by atoms with Gasteiger partial charge in [0.25, 0.3) is 5.56 Å². The maximum Gasteiger partial charge on any atom is 0.255 e. The van der Waals surface area contributed by atoms with E-state index in [0.29, 0.717) is 6.42 Å². The maximum atomic E-state index is 12.6. The fraction of sp³-hybridized carbons (Fsp3) is 0.0952. The van der Waals surface area contributed by atoms with Gasteiger partial charge in [-0.1, -0.05) is 30.3 Å². The van der Waals surface area contributed by atoms with Crippen molar-refractivity contribution in [2.45, 2.75) is 6.42 Å². The number of aromatic amines is 1. The summed E-state index contributed by atoms with van der Waals surface area (Å²) in [6.07, 6.45) is 2.69. The average Bonchev–Trinajstić information content (AvgIpc) is 3.05. The van der Waals surface area contributed by atoms with Crippen LogP contribution >= 0.6 is 0 Å². The molecule has 4 rings (SSSR count). The normalized spacial score (nSPS) is 10.9. The minimum atomic E-state index is -0.0369. The van der Waals surface area contributed by atoms with Crippen LogP contribution < -0.4 is 10.3 Å². The number of para-hydroxylation sites is 1. The Morgan fingerprint density at radius 1 is 1.00 bits per heavy atom. The lowest BCUT2D eigenvalue weighted by Crippen LogP contribution is -2.17. The summed E-state index contributed by atoms with van der Waals surface area (Å²) in [5.74, 6) is 0.831. The van der Waals surface area contributed by atoms with Crippen molar-refractivity contribution in [3.05, 3.63) is 94.4 Å². The van der Waals surface area contributed by atoms with Gasteiger partial charge in [-0.15, -0.1) is 0 Å². The molecule has 1 N–H and O–H groups in total. The van der Waals surface area contributed by atoms with Crippen LogP contribution in [0.5, 0.6) is 5.75 Å². The number of nitrogens with zero attached hydrogens (tertiary/aromatic N) is 1. The van der Waals surface area contributed by atoms with E-state index in [1.165, 1.54) is 0 Å². The number of methoxy groups -OCH3 is 1. The average molecular weight is 330 g/mol. The molecule has 0 bridgehead atoms. The van der Waals surface area contributed by atoms with Crippen molar-refractivity contribution in [3.63, 3.8) is 0 Å². The first-order chi connectivity index (χ1) is 12.3. The van der Waals surface area contributed by atoms with E-state index in [4.69, 9.17) is 4.74 Å². The summed E-state index contributed by atoms with van der Waals surface area (Å²) >= 11 is 0. The first-order valence-electron chi connectivity index (χ1n) is 8.16. The molecular weight excluding hydrogens is 312 g/mol. The van der Waals surface area contributed by atoms with Gasteiger partial charge in [0.15, 0.2) is 0 Å². The molecule has 124 valence electrons. The van der Waals surface area contributed by atoms with Crippen molar-refractivity contribution in [1.82, 2.24) is 9.55 Å². The number of ether oxygens (including phenoxy) is 1. The second kappa shape index (κ2) is 6.32. The Kier molecular flexibility index (Phi) is 3.86. The molecular formula is C21H18N2O2. The van der Waals surface area contributed by atoms with Gasteiger partial charge in [-0.05, 0) is 41.5 Å². The Labute approximate surface area is 145 Å². The molecule has 0 amide bonds. The number of fused-ring (bicyclic) bond motifs is 1. The minimum Gasteiger partial charge on any atom is -0.497 e. The number of hydrogen-bond acceptors (Lipinski definition) is 2. The molecule has 0 saturated heterocycles. The van der Waals surface area contributed by atoms with Crippen molar-refractivity contribution in [2.75, 3.05) is 7.11 Å². The number of aromatic nitrogens is 2. The van der Waals surface area contributed by atoms with Crippen molar-refractivity contribution < 1.29 is 4.74 Å². The lowest BCUT2D eigenvalue weighted by molar-refractivity contribution is 0.414. The van der Waals surface area contributed by atoms with E-state index in [1.54, 1.807) is 17.7 Å². The third-order valence-electron chi connectivity index (χ3n) is 4.34. The molecule has 0 aliphatic rings. The lowest BCUT2D eigenvalue weighted by atomic mass is 10.1. The summed E-state index contributed by atoms with van der Waals surface area (Å²) in [7, 11) is 1.66. The smallest absolute Gasteiger partial charge is 0.255 e. The highest BCUT2D eigenvalue weighted by molar-refractivity contribution is 5.81. The highest BCUT2D eigenvalue weighted by Gasteiger charge is 2.12. The van der Waals surface area contributed by atoms with Gasteiger partial charge in [0, 0.05) is 24.4 Å². The zero-order chi connectivity index (χ0) is 17.2. The second-order valence-electron chi connectivity index (χ2n) is 5.95. The van der Waals surface area contributed by atoms with Crippen LogP contribution in [0.3, 0.4) is 0 Å². The van der Waals surface area contributed by atoms with E-state index >= 15 is 0 Å². The topological polar surface area (TPSA) is 47.0 Å². The zero-order valence-electron chi connectivity index (χ0n) is 13.9. The molecule has 0 aliphatic carbocycles. The van der Waals surface area contributed by atoms with E-state index < -0.39 is 0 Å². The van der Waals surface area contributed by atoms with E-state index in [0.717, 1.165) is 33.6 Å². The Bertz CT molecular complexity index is 1080. The van der Waals surface area contributed by atoms with E-state index in [-0.39, 0.29) is 5.56 Å². The SMILES string of the molecule is COc1cccc(Cc2c[nH]c3ccc(=O)n(-c4ccccc4)c23)c1.